The Bertz CT molecular complexity index is 706. The predicted molar refractivity (Wildman–Crippen MR) is 102 cm³/mol. The van der Waals surface area contributed by atoms with Gasteiger partial charge in [0.25, 0.3) is 0 Å². The molecule has 0 aliphatic carbocycles. The van der Waals surface area contributed by atoms with Crippen LogP contribution >= 0.6 is 12.4 Å². The average Bonchev–Trinajstić information content (AvgIpc) is 3.34. The number of hydrogen-bond acceptors (Lipinski definition) is 4. The summed E-state index contributed by atoms with van der Waals surface area (Å²) in [7, 11) is 0. The van der Waals surface area contributed by atoms with Gasteiger partial charge in [-0.15, -0.1) is 22.6 Å². The van der Waals surface area contributed by atoms with Crippen LogP contribution in [0.3, 0.4) is 0 Å². The highest BCUT2D eigenvalue weighted by atomic mass is 35.5. The molecule has 1 aromatic heterocycles. The first-order valence-electron chi connectivity index (χ1n) is 9.25. The number of hydrogen-bond donors (Lipinski definition) is 1. The molecule has 140 valence electrons. The number of halogens is 1. The van der Waals surface area contributed by atoms with Gasteiger partial charge in [-0.2, -0.15) is 0 Å². The van der Waals surface area contributed by atoms with Crippen molar-refractivity contribution in [1.82, 2.24) is 25.0 Å². The minimum absolute atomic E-state index is 0. The molecule has 26 heavy (non-hydrogen) atoms. The van der Waals surface area contributed by atoms with Crippen molar-refractivity contribution in [1.29, 1.82) is 0 Å². The smallest absolute Gasteiger partial charge is 0.239 e. The summed E-state index contributed by atoms with van der Waals surface area (Å²) in [4.78, 5) is 14.6. The van der Waals surface area contributed by atoms with E-state index in [1.165, 1.54) is 5.56 Å². The van der Waals surface area contributed by atoms with E-state index in [1.807, 2.05) is 17.3 Å². The molecule has 0 bridgehead atoms. The standard InChI is InChI=1S/C19H25N5O.ClH/c25-19(17-7-4-10-20-17)23-11-8-16(9-12-23)18-22-21-14-24(18)13-15-5-2-1-3-6-15;/h1-3,5-6,14,16-17,20H,4,7-13H2;1H. The minimum Gasteiger partial charge on any atom is -0.341 e. The van der Waals surface area contributed by atoms with Gasteiger partial charge in [0.15, 0.2) is 0 Å². The highest BCUT2D eigenvalue weighted by Gasteiger charge is 2.31. The summed E-state index contributed by atoms with van der Waals surface area (Å²) in [6.07, 6.45) is 5.83. The lowest BCUT2D eigenvalue weighted by molar-refractivity contribution is -0.134. The van der Waals surface area contributed by atoms with Gasteiger partial charge in [0.1, 0.15) is 12.2 Å². The molecule has 0 saturated carbocycles. The van der Waals surface area contributed by atoms with Gasteiger partial charge in [-0.1, -0.05) is 30.3 Å². The van der Waals surface area contributed by atoms with Gasteiger partial charge in [-0.3, -0.25) is 4.79 Å². The van der Waals surface area contributed by atoms with E-state index in [0.717, 1.165) is 57.7 Å². The lowest BCUT2D eigenvalue weighted by Crippen LogP contribution is -2.46. The van der Waals surface area contributed by atoms with Crippen molar-refractivity contribution in [3.63, 3.8) is 0 Å². The number of likely N-dealkylation sites (tertiary alicyclic amines) is 1. The van der Waals surface area contributed by atoms with Crippen molar-refractivity contribution in [3.05, 3.63) is 48.0 Å². The number of carbonyl (C=O) groups excluding carboxylic acids is 1. The highest BCUT2D eigenvalue weighted by Crippen LogP contribution is 2.27. The Morgan fingerprint density at radius 1 is 1.15 bits per heavy atom. The molecule has 4 rings (SSSR count). The van der Waals surface area contributed by atoms with Crippen LogP contribution in [0.15, 0.2) is 36.7 Å². The van der Waals surface area contributed by atoms with E-state index in [4.69, 9.17) is 0 Å². The van der Waals surface area contributed by atoms with Crippen LogP contribution in [-0.2, 0) is 11.3 Å². The van der Waals surface area contributed by atoms with Crippen molar-refractivity contribution in [2.45, 2.75) is 44.2 Å². The van der Waals surface area contributed by atoms with Crippen LogP contribution in [0.25, 0.3) is 0 Å². The van der Waals surface area contributed by atoms with E-state index >= 15 is 0 Å². The Labute approximate surface area is 160 Å². The average molecular weight is 376 g/mol. The molecular formula is C19H26ClN5O. The Morgan fingerprint density at radius 2 is 1.92 bits per heavy atom. The fraction of sp³-hybridized carbons (Fsp3) is 0.526. The summed E-state index contributed by atoms with van der Waals surface area (Å²) >= 11 is 0. The maximum absolute atomic E-state index is 12.5. The van der Waals surface area contributed by atoms with Crippen molar-refractivity contribution < 1.29 is 4.79 Å². The summed E-state index contributed by atoms with van der Waals surface area (Å²) in [6, 6.07) is 10.4. The molecule has 1 aromatic carbocycles. The van der Waals surface area contributed by atoms with Gasteiger partial charge >= 0.3 is 0 Å². The maximum atomic E-state index is 12.5. The summed E-state index contributed by atoms with van der Waals surface area (Å²) in [6.45, 7) is 3.41. The largest absolute Gasteiger partial charge is 0.341 e. The van der Waals surface area contributed by atoms with E-state index in [9.17, 15) is 4.79 Å². The van der Waals surface area contributed by atoms with Crippen molar-refractivity contribution in [2.75, 3.05) is 19.6 Å². The van der Waals surface area contributed by atoms with Crippen LogP contribution in [0.1, 0.15) is 43.0 Å². The van der Waals surface area contributed by atoms with Gasteiger partial charge in [0, 0.05) is 19.0 Å². The van der Waals surface area contributed by atoms with Gasteiger partial charge in [0.05, 0.1) is 12.6 Å². The number of rotatable bonds is 4. The van der Waals surface area contributed by atoms with Crippen LogP contribution in [0.4, 0.5) is 0 Å². The number of piperidine rings is 1. The first kappa shape index (κ1) is 18.9. The molecule has 2 aliphatic rings. The maximum Gasteiger partial charge on any atom is 0.239 e. The zero-order valence-corrected chi connectivity index (χ0v) is 15.7. The summed E-state index contributed by atoms with van der Waals surface area (Å²) in [5.74, 6) is 1.71. The third-order valence-corrected chi connectivity index (χ3v) is 5.37. The SMILES string of the molecule is Cl.O=C(C1CCCN1)N1CCC(c2nncn2Cc2ccccc2)CC1. The molecule has 2 aliphatic heterocycles. The quantitative estimate of drug-likeness (QED) is 0.889. The molecule has 1 amide bonds. The molecule has 3 heterocycles. The van der Waals surface area contributed by atoms with E-state index in [2.05, 4.69) is 44.3 Å². The molecule has 2 aromatic rings. The molecule has 0 spiro atoms. The van der Waals surface area contributed by atoms with Gasteiger partial charge < -0.3 is 14.8 Å². The summed E-state index contributed by atoms with van der Waals surface area (Å²) in [5, 5.41) is 11.8. The van der Waals surface area contributed by atoms with Crippen molar-refractivity contribution >= 4 is 18.3 Å². The van der Waals surface area contributed by atoms with Crippen LogP contribution in [0, 0.1) is 0 Å². The molecule has 2 saturated heterocycles. The first-order chi connectivity index (χ1) is 12.3. The zero-order chi connectivity index (χ0) is 17.1. The lowest BCUT2D eigenvalue weighted by Gasteiger charge is -2.33. The number of benzene rings is 1. The molecule has 1 atom stereocenters. The molecular weight excluding hydrogens is 350 g/mol. The number of aromatic nitrogens is 3. The third kappa shape index (κ3) is 4.07. The Hall–Kier alpha value is -1.92. The Balaban J connectivity index is 0.00000196. The topological polar surface area (TPSA) is 63.1 Å². The fourth-order valence-electron chi connectivity index (χ4n) is 3.96. The molecule has 1 unspecified atom stereocenters. The van der Waals surface area contributed by atoms with E-state index in [0.29, 0.717) is 5.92 Å². The van der Waals surface area contributed by atoms with Crippen LogP contribution in [-0.4, -0.2) is 51.2 Å². The summed E-state index contributed by atoms with van der Waals surface area (Å²) < 4.78 is 2.15. The Morgan fingerprint density at radius 3 is 2.62 bits per heavy atom. The Kier molecular flexibility index (Phi) is 6.27. The minimum atomic E-state index is 0. The van der Waals surface area contributed by atoms with Crippen LogP contribution in [0.2, 0.25) is 0 Å². The molecule has 1 N–H and O–H groups in total. The first-order valence-corrected chi connectivity index (χ1v) is 9.25. The number of nitrogens with zero attached hydrogens (tertiary/aromatic N) is 4. The zero-order valence-electron chi connectivity index (χ0n) is 14.9. The van der Waals surface area contributed by atoms with E-state index in [-0.39, 0.29) is 24.4 Å². The number of nitrogens with one attached hydrogen (secondary N) is 1. The van der Waals surface area contributed by atoms with Crippen molar-refractivity contribution in [3.8, 4) is 0 Å². The second-order valence-electron chi connectivity index (χ2n) is 7.05. The van der Waals surface area contributed by atoms with Crippen LogP contribution in [0.5, 0.6) is 0 Å². The molecule has 6 nitrogen and oxygen atoms in total. The van der Waals surface area contributed by atoms with Gasteiger partial charge in [-0.25, -0.2) is 0 Å². The van der Waals surface area contributed by atoms with Crippen LogP contribution < -0.4 is 5.32 Å². The predicted octanol–water partition coefficient (Wildman–Crippen LogP) is 2.21. The van der Waals surface area contributed by atoms with E-state index < -0.39 is 0 Å². The van der Waals surface area contributed by atoms with E-state index in [1.54, 1.807) is 0 Å². The van der Waals surface area contributed by atoms with Gasteiger partial charge in [-0.05, 0) is 37.8 Å². The summed E-state index contributed by atoms with van der Waals surface area (Å²) in [5.41, 5.74) is 1.25. The highest BCUT2D eigenvalue weighted by molar-refractivity contribution is 5.85. The fourth-order valence-corrected chi connectivity index (χ4v) is 3.96. The second-order valence-corrected chi connectivity index (χ2v) is 7.05. The monoisotopic (exact) mass is 375 g/mol. The number of carbonyl (C=O) groups is 1. The normalized spacial score (nSPS) is 20.8. The third-order valence-electron chi connectivity index (χ3n) is 5.37. The second kappa shape index (κ2) is 8.64. The van der Waals surface area contributed by atoms with Crippen molar-refractivity contribution in [2.24, 2.45) is 0 Å². The van der Waals surface area contributed by atoms with Gasteiger partial charge in [0.2, 0.25) is 5.91 Å². The molecule has 0 radical (unpaired) electrons. The lowest BCUT2D eigenvalue weighted by atomic mass is 9.95. The number of amides is 1. The molecule has 7 heteroatoms. The molecule has 2 fully saturated rings.